The molecule has 0 aromatic carbocycles. The lowest BCUT2D eigenvalue weighted by atomic mass is 10.2. The van der Waals surface area contributed by atoms with E-state index in [9.17, 15) is 0 Å². The summed E-state index contributed by atoms with van der Waals surface area (Å²) in [5.74, 6) is 12.5. The molecule has 0 aliphatic heterocycles. The van der Waals surface area contributed by atoms with Crippen molar-refractivity contribution in [2.45, 2.75) is 66.2 Å². The Morgan fingerprint density at radius 1 is 0.542 bits per heavy atom. The smallest absolute Gasteiger partial charge is 0.0784 e. The van der Waals surface area contributed by atoms with Gasteiger partial charge < -0.3 is 8.97 Å². The van der Waals surface area contributed by atoms with Gasteiger partial charge in [0, 0.05) is 12.8 Å². The van der Waals surface area contributed by atoms with Gasteiger partial charge in [-0.25, -0.2) is 0 Å². The molecule has 2 nitrogen and oxygen atoms in total. The van der Waals surface area contributed by atoms with E-state index in [1.165, 1.54) is 73.9 Å². The lowest BCUT2D eigenvalue weighted by Gasteiger charge is -2.32. The van der Waals surface area contributed by atoms with Gasteiger partial charge in [-0.3, -0.25) is 0 Å². The van der Waals surface area contributed by atoms with Crippen LogP contribution in [0.3, 0.4) is 0 Å². The Labute approximate surface area is 152 Å². The second kappa shape index (κ2) is 13.3. The summed E-state index contributed by atoms with van der Waals surface area (Å²) < 4.78 is 2.36. The van der Waals surface area contributed by atoms with Gasteiger partial charge >= 0.3 is 0 Å². The van der Waals surface area contributed by atoms with E-state index in [1.807, 2.05) is 0 Å². The first-order valence-electron chi connectivity index (χ1n) is 10.1. The fourth-order valence-electron chi connectivity index (χ4n) is 2.71. The molecule has 0 aromatic heterocycles. The van der Waals surface area contributed by atoms with Gasteiger partial charge in [0.2, 0.25) is 0 Å². The highest BCUT2D eigenvalue weighted by Gasteiger charge is 2.15. The number of rotatable bonds is 12. The lowest BCUT2D eigenvalue weighted by molar-refractivity contribution is -0.906. The first-order chi connectivity index (χ1) is 11.4. The van der Waals surface area contributed by atoms with E-state index in [2.05, 4.69) is 65.5 Å². The Morgan fingerprint density at radius 3 is 1.17 bits per heavy atom. The monoisotopic (exact) mass is 334 g/mol. The Morgan fingerprint density at radius 2 is 0.875 bits per heavy atom. The summed E-state index contributed by atoms with van der Waals surface area (Å²) in [7, 11) is 4.69. The minimum Gasteiger partial charge on any atom is -0.327 e. The van der Waals surface area contributed by atoms with E-state index in [1.54, 1.807) is 0 Å². The maximum atomic E-state index is 3.21. The van der Waals surface area contributed by atoms with Crippen molar-refractivity contribution < 1.29 is 8.97 Å². The molecular formula is C22H42N2+2. The van der Waals surface area contributed by atoms with Gasteiger partial charge in [0.05, 0.1) is 53.4 Å². The first-order valence-corrected chi connectivity index (χ1v) is 10.1. The zero-order valence-corrected chi connectivity index (χ0v) is 17.4. The van der Waals surface area contributed by atoms with Crippen molar-refractivity contribution in [3.05, 3.63) is 0 Å². The highest BCUT2D eigenvalue weighted by molar-refractivity contribution is 5.25. The van der Waals surface area contributed by atoms with Crippen LogP contribution in [0, 0.1) is 23.7 Å². The third kappa shape index (κ3) is 10.7. The minimum absolute atomic E-state index is 0.991. The zero-order chi connectivity index (χ0) is 18.3. The molecule has 0 heterocycles. The summed E-state index contributed by atoms with van der Waals surface area (Å²) in [5, 5.41) is 0. The van der Waals surface area contributed by atoms with Crippen molar-refractivity contribution >= 4 is 0 Å². The van der Waals surface area contributed by atoms with Crippen molar-refractivity contribution in [3.8, 4) is 23.7 Å². The molecule has 0 spiro atoms. The summed E-state index contributed by atoms with van der Waals surface area (Å²) in [5.41, 5.74) is 0. The molecule has 2 heteroatoms. The minimum atomic E-state index is 0.991. The standard InChI is InChI=1S/C22H42N2/c1-7-23(5,8-2)21-19-17-15-13-11-12-14-16-18-20-22-24(6,9-3)10-4/h7-10,15-22H2,1-6H3/q+2. The van der Waals surface area contributed by atoms with Crippen LogP contribution >= 0.6 is 0 Å². The largest absolute Gasteiger partial charge is 0.327 e. The summed E-state index contributed by atoms with van der Waals surface area (Å²) in [6.45, 7) is 16.6. The Bertz CT molecular complexity index is 380. The maximum Gasteiger partial charge on any atom is 0.0784 e. The van der Waals surface area contributed by atoms with Crippen molar-refractivity contribution in [3.63, 3.8) is 0 Å². The van der Waals surface area contributed by atoms with Crippen molar-refractivity contribution in [1.82, 2.24) is 0 Å². The van der Waals surface area contributed by atoms with E-state index in [-0.39, 0.29) is 0 Å². The van der Waals surface area contributed by atoms with E-state index in [0.717, 1.165) is 12.8 Å². The molecule has 0 rings (SSSR count). The second-order valence-corrected chi connectivity index (χ2v) is 7.47. The summed E-state index contributed by atoms with van der Waals surface area (Å²) in [4.78, 5) is 0. The van der Waals surface area contributed by atoms with Crippen LogP contribution in [0.4, 0.5) is 0 Å². The molecular weight excluding hydrogens is 292 g/mol. The lowest BCUT2D eigenvalue weighted by Crippen LogP contribution is -2.44. The Balaban J connectivity index is 3.73. The summed E-state index contributed by atoms with van der Waals surface area (Å²) >= 11 is 0. The number of hydrogen-bond donors (Lipinski definition) is 0. The van der Waals surface area contributed by atoms with Gasteiger partial charge in [-0.1, -0.05) is 11.8 Å². The number of quaternary nitrogens is 2. The molecule has 138 valence electrons. The van der Waals surface area contributed by atoms with Crippen LogP contribution in [0.2, 0.25) is 0 Å². The van der Waals surface area contributed by atoms with Gasteiger partial charge in [-0.15, -0.1) is 0 Å². The van der Waals surface area contributed by atoms with Crippen molar-refractivity contribution in [2.24, 2.45) is 0 Å². The van der Waals surface area contributed by atoms with E-state index in [4.69, 9.17) is 0 Å². The van der Waals surface area contributed by atoms with Crippen LogP contribution < -0.4 is 0 Å². The second-order valence-electron chi connectivity index (χ2n) is 7.47. The van der Waals surface area contributed by atoms with Gasteiger partial charge in [-0.05, 0) is 65.2 Å². The fraction of sp³-hybridized carbons (Fsp3) is 0.818. The number of unbranched alkanes of at least 4 members (excludes halogenated alkanes) is 4. The quantitative estimate of drug-likeness (QED) is 0.283. The summed E-state index contributed by atoms with van der Waals surface area (Å²) in [6.07, 6.45) is 6.92. The molecule has 0 atom stereocenters. The predicted molar refractivity (Wildman–Crippen MR) is 108 cm³/mol. The SMILES string of the molecule is CC[N+](C)(CC)CCCCC#CC#CCCCC[N+](C)(CC)CC. The highest BCUT2D eigenvalue weighted by atomic mass is 15.3. The predicted octanol–water partition coefficient (Wildman–Crippen LogP) is 4.31. The topological polar surface area (TPSA) is 0 Å². The van der Waals surface area contributed by atoms with Crippen LogP contribution in [-0.2, 0) is 0 Å². The molecule has 0 N–H and O–H groups in total. The Hall–Kier alpha value is -0.960. The maximum absolute atomic E-state index is 3.21. The number of nitrogens with zero attached hydrogens (tertiary/aromatic N) is 2. The molecule has 0 saturated carbocycles. The third-order valence-corrected chi connectivity index (χ3v) is 5.79. The van der Waals surface area contributed by atoms with Gasteiger partial charge in [0.1, 0.15) is 0 Å². The van der Waals surface area contributed by atoms with Crippen LogP contribution in [0.5, 0.6) is 0 Å². The van der Waals surface area contributed by atoms with Crippen LogP contribution in [-0.4, -0.2) is 62.3 Å². The van der Waals surface area contributed by atoms with E-state index >= 15 is 0 Å². The number of hydrogen-bond acceptors (Lipinski definition) is 0. The van der Waals surface area contributed by atoms with E-state index < -0.39 is 0 Å². The normalized spacial score (nSPS) is 11.4. The zero-order valence-electron chi connectivity index (χ0n) is 17.4. The molecule has 0 aliphatic rings. The Kier molecular flexibility index (Phi) is 12.8. The fourth-order valence-corrected chi connectivity index (χ4v) is 2.71. The third-order valence-electron chi connectivity index (χ3n) is 5.79. The highest BCUT2D eigenvalue weighted by Crippen LogP contribution is 2.06. The molecule has 0 amide bonds. The average molecular weight is 335 g/mol. The van der Waals surface area contributed by atoms with E-state index in [0.29, 0.717) is 0 Å². The first kappa shape index (κ1) is 23.0. The van der Waals surface area contributed by atoms with Crippen molar-refractivity contribution in [1.29, 1.82) is 0 Å². The average Bonchev–Trinajstić information content (AvgIpc) is 2.62. The van der Waals surface area contributed by atoms with Crippen LogP contribution in [0.15, 0.2) is 0 Å². The van der Waals surface area contributed by atoms with Gasteiger partial charge in [0.15, 0.2) is 0 Å². The molecule has 0 radical (unpaired) electrons. The van der Waals surface area contributed by atoms with Gasteiger partial charge in [0.25, 0.3) is 0 Å². The van der Waals surface area contributed by atoms with Crippen LogP contribution in [0.1, 0.15) is 66.2 Å². The molecule has 0 aromatic rings. The van der Waals surface area contributed by atoms with Crippen molar-refractivity contribution in [2.75, 3.05) is 53.4 Å². The molecule has 0 aliphatic carbocycles. The van der Waals surface area contributed by atoms with Gasteiger partial charge in [-0.2, -0.15) is 0 Å². The molecule has 0 bridgehead atoms. The van der Waals surface area contributed by atoms with Crippen LogP contribution in [0.25, 0.3) is 0 Å². The molecule has 0 saturated heterocycles. The summed E-state index contributed by atoms with van der Waals surface area (Å²) in [6, 6.07) is 0. The molecule has 0 fully saturated rings. The molecule has 24 heavy (non-hydrogen) atoms. The molecule has 0 unspecified atom stereocenters.